The van der Waals surface area contributed by atoms with Gasteiger partial charge in [-0.1, -0.05) is 41.2 Å². The molecule has 1 aliphatic carbocycles. The number of benzene rings is 1. The van der Waals surface area contributed by atoms with Gasteiger partial charge in [0, 0.05) is 13.1 Å². The van der Waals surface area contributed by atoms with Gasteiger partial charge in [0.2, 0.25) is 5.91 Å². The summed E-state index contributed by atoms with van der Waals surface area (Å²) in [5.41, 5.74) is 4.18. The fraction of sp³-hybridized carbons (Fsp3) is 0.368. The van der Waals surface area contributed by atoms with Gasteiger partial charge in [0.15, 0.2) is 0 Å². The second kappa shape index (κ2) is 9.15. The highest BCUT2D eigenvalue weighted by molar-refractivity contribution is 7.96. The molecule has 5 nitrogen and oxygen atoms in total. The summed E-state index contributed by atoms with van der Waals surface area (Å²) in [6, 6.07) is 8.11. The minimum Gasteiger partial charge on any atom is -0.380 e. The highest BCUT2D eigenvalue weighted by Gasteiger charge is 2.24. The Morgan fingerprint density at radius 3 is 2.81 bits per heavy atom. The quantitative estimate of drug-likeness (QED) is 0.661. The highest BCUT2D eigenvalue weighted by Crippen LogP contribution is 2.35. The Labute approximate surface area is 174 Å². The number of rotatable bonds is 7. The van der Waals surface area contributed by atoms with Gasteiger partial charge in [-0.25, -0.2) is 0 Å². The first-order valence-corrected chi connectivity index (χ1v) is 10.6. The fourth-order valence-electron chi connectivity index (χ4n) is 3.17. The van der Waals surface area contributed by atoms with E-state index in [1.807, 2.05) is 36.7 Å². The van der Waals surface area contributed by atoms with Crippen molar-refractivity contribution in [3.8, 4) is 0 Å². The van der Waals surface area contributed by atoms with Crippen molar-refractivity contribution in [2.45, 2.75) is 25.4 Å². The van der Waals surface area contributed by atoms with E-state index in [1.165, 1.54) is 17.5 Å². The van der Waals surface area contributed by atoms with Crippen LogP contribution < -0.4 is 10.0 Å². The molecule has 0 radical (unpaired) electrons. The van der Waals surface area contributed by atoms with Crippen molar-refractivity contribution in [3.63, 3.8) is 0 Å². The van der Waals surface area contributed by atoms with E-state index < -0.39 is 0 Å². The van der Waals surface area contributed by atoms with Crippen molar-refractivity contribution >= 4 is 46.7 Å². The van der Waals surface area contributed by atoms with E-state index >= 15 is 0 Å². The van der Waals surface area contributed by atoms with Gasteiger partial charge in [-0.05, 0) is 48.4 Å². The molecule has 1 unspecified atom stereocenters. The Bertz CT molecular complexity index is 816. The van der Waals surface area contributed by atoms with Crippen molar-refractivity contribution in [3.05, 3.63) is 57.3 Å². The van der Waals surface area contributed by atoms with Crippen LogP contribution in [0.1, 0.15) is 16.8 Å². The molecule has 0 saturated carbocycles. The number of carbonyl (C=O) groups excluding carboxylic acids is 1. The number of carbonyl (C=O) groups is 1. The lowest BCUT2D eigenvalue weighted by Crippen LogP contribution is -2.33. The summed E-state index contributed by atoms with van der Waals surface area (Å²) >= 11 is 13.9. The minimum absolute atomic E-state index is 0.0348. The number of nitrogens with zero attached hydrogens (tertiary/aromatic N) is 2. The molecule has 144 valence electrons. The van der Waals surface area contributed by atoms with Crippen LogP contribution >= 0.6 is 35.1 Å². The molecule has 1 aliphatic rings. The Kier molecular flexibility index (Phi) is 6.87. The number of pyridine rings is 1. The first-order valence-electron chi connectivity index (χ1n) is 8.65. The lowest BCUT2D eigenvalue weighted by Gasteiger charge is -2.17. The van der Waals surface area contributed by atoms with E-state index in [0.29, 0.717) is 23.1 Å². The predicted octanol–water partition coefficient (Wildman–Crippen LogP) is 3.79. The number of aromatic nitrogens is 1. The molecule has 0 saturated heterocycles. The molecule has 8 heteroatoms. The molecule has 0 bridgehead atoms. The first kappa shape index (κ1) is 20.3. The number of fused-ring (bicyclic) bond motifs is 1. The van der Waals surface area contributed by atoms with Crippen LogP contribution in [-0.4, -0.2) is 41.7 Å². The van der Waals surface area contributed by atoms with Gasteiger partial charge in [0.05, 0.1) is 40.7 Å². The molecule has 3 rings (SSSR count). The molecule has 1 atom stereocenters. The summed E-state index contributed by atoms with van der Waals surface area (Å²) in [6.07, 6.45) is 5.46. The lowest BCUT2D eigenvalue weighted by molar-refractivity contribution is -0.129. The van der Waals surface area contributed by atoms with E-state index in [4.69, 9.17) is 23.2 Å². The molecule has 0 spiro atoms. The molecule has 0 aliphatic heterocycles. The van der Waals surface area contributed by atoms with Crippen LogP contribution in [-0.2, 0) is 24.2 Å². The van der Waals surface area contributed by atoms with Crippen molar-refractivity contribution in [1.82, 2.24) is 14.6 Å². The van der Waals surface area contributed by atoms with Crippen LogP contribution in [0, 0.1) is 0 Å². The molecule has 2 N–H and O–H groups in total. The first-order chi connectivity index (χ1) is 13.0. The van der Waals surface area contributed by atoms with Gasteiger partial charge in [-0.2, -0.15) is 0 Å². The van der Waals surface area contributed by atoms with Gasteiger partial charge >= 0.3 is 0 Å². The lowest BCUT2D eigenvalue weighted by atomic mass is 10.1. The fourth-order valence-corrected chi connectivity index (χ4v) is 3.88. The van der Waals surface area contributed by atoms with Gasteiger partial charge in [-0.3, -0.25) is 14.5 Å². The van der Waals surface area contributed by atoms with Crippen LogP contribution in [0.2, 0.25) is 10.0 Å². The summed E-state index contributed by atoms with van der Waals surface area (Å²) in [5.74, 6) is 0.0348. The summed E-state index contributed by atoms with van der Waals surface area (Å²) in [5, 5.41) is 4.78. The van der Waals surface area contributed by atoms with E-state index in [0.717, 1.165) is 29.8 Å². The number of likely N-dealkylation sites (N-methyl/N-ethyl adjacent to an activating group) is 1. The maximum atomic E-state index is 12.0. The van der Waals surface area contributed by atoms with E-state index in [9.17, 15) is 4.79 Å². The third-order valence-electron chi connectivity index (χ3n) is 4.60. The molecule has 1 amide bonds. The molecule has 0 fully saturated rings. The van der Waals surface area contributed by atoms with Gasteiger partial charge in [0.1, 0.15) is 0 Å². The largest absolute Gasteiger partial charge is 0.380 e. The summed E-state index contributed by atoms with van der Waals surface area (Å²) in [4.78, 5) is 18.1. The minimum atomic E-state index is 0.0348. The van der Waals surface area contributed by atoms with E-state index in [1.54, 1.807) is 11.9 Å². The summed E-state index contributed by atoms with van der Waals surface area (Å²) in [6.45, 7) is 0.796. The Morgan fingerprint density at radius 2 is 2.11 bits per heavy atom. The normalized spacial score (nSPS) is 15.5. The van der Waals surface area contributed by atoms with Crippen molar-refractivity contribution < 1.29 is 4.79 Å². The average Bonchev–Trinajstić information content (AvgIpc) is 3.07. The third kappa shape index (κ3) is 5.08. The van der Waals surface area contributed by atoms with Gasteiger partial charge in [-0.15, -0.1) is 0 Å². The zero-order valence-corrected chi connectivity index (χ0v) is 17.6. The topological polar surface area (TPSA) is 57.3 Å². The summed E-state index contributed by atoms with van der Waals surface area (Å²) < 4.78 is 2.96. The van der Waals surface area contributed by atoms with Crippen LogP contribution in [0.3, 0.4) is 0 Å². The predicted molar refractivity (Wildman–Crippen MR) is 114 cm³/mol. The number of halogens is 2. The Balaban J connectivity index is 1.56. The van der Waals surface area contributed by atoms with Crippen LogP contribution in [0.4, 0.5) is 5.69 Å². The second-order valence-electron chi connectivity index (χ2n) is 6.56. The van der Waals surface area contributed by atoms with E-state index in [2.05, 4.69) is 15.0 Å². The zero-order chi connectivity index (χ0) is 19.4. The third-order valence-corrected chi connectivity index (χ3v) is 5.87. The average molecular weight is 425 g/mol. The molecule has 2 aromatic rings. The molecular formula is C19H22Cl2N4OS. The maximum absolute atomic E-state index is 12.0. The number of amides is 1. The number of nitrogens with one attached hydrogen (secondary N) is 2. The monoisotopic (exact) mass is 424 g/mol. The van der Waals surface area contributed by atoms with Gasteiger partial charge < -0.3 is 10.2 Å². The molecule has 1 aromatic heterocycles. The molecule has 1 heterocycles. The van der Waals surface area contributed by atoms with Crippen molar-refractivity contribution in [2.24, 2.45) is 0 Å². The van der Waals surface area contributed by atoms with Crippen LogP contribution in [0.5, 0.6) is 0 Å². The number of hydrogen-bond acceptors (Lipinski definition) is 5. The number of anilines is 1. The van der Waals surface area contributed by atoms with Crippen LogP contribution in [0.15, 0.2) is 30.5 Å². The summed E-state index contributed by atoms with van der Waals surface area (Å²) in [7, 11) is 1.78. The van der Waals surface area contributed by atoms with Crippen molar-refractivity contribution in [1.29, 1.82) is 0 Å². The highest BCUT2D eigenvalue weighted by atomic mass is 35.5. The SMILES string of the molecule is CSNCC(=O)N(C)Cc1ccc(NC2Cc3ccc(Cl)c(Cl)c3C2)cn1. The van der Waals surface area contributed by atoms with E-state index in [-0.39, 0.29) is 11.9 Å². The molecular weight excluding hydrogens is 403 g/mol. The Hall–Kier alpha value is -1.47. The smallest absolute Gasteiger partial charge is 0.237 e. The molecule has 1 aromatic carbocycles. The second-order valence-corrected chi connectivity index (χ2v) is 8.04. The zero-order valence-electron chi connectivity index (χ0n) is 15.3. The standard InChI is InChI=1S/C19H22Cl2N4OS/c1-25(18(26)10-23-27-2)11-14-5-4-13(9-22-14)24-15-7-12-3-6-17(20)19(21)16(12)8-15/h3-6,9,15,23-24H,7-8,10-11H2,1-2H3. The van der Waals surface area contributed by atoms with Crippen LogP contribution in [0.25, 0.3) is 0 Å². The number of hydrogen-bond donors (Lipinski definition) is 2. The Morgan fingerprint density at radius 1 is 1.30 bits per heavy atom. The van der Waals surface area contributed by atoms with Crippen molar-refractivity contribution in [2.75, 3.05) is 25.2 Å². The maximum Gasteiger partial charge on any atom is 0.237 e. The molecule has 27 heavy (non-hydrogen) atoms. The van der Waals surface area contributed by atoms with Gasteiger partial charge in [0.25, 0.3) is 0 Å².